The number of rotatable bonds is 10. The Labute approximate surface area is 182 Å². The second-order valence-corrected chi connectivity index (χ2v) is 7.51. The third-order valence-electron chi connectivity index (χ3n) is 5.00. The third-order valence-corrected chi connectivity index (χ3v) is 5.00. The molecular weight excluding hydrogens is 392 g/mol. The minimum absolute atomic E-state index is 0.0619. The monoisotopic (exact) mass is 418 g/mol. The van der Waals surface area contributed by atoms with Crippen LogP contribution in [-0.2, 0) is 16.1 Å². The first kappa shape index (κ1) is 22.0. The lowest BCUT2D eigenvalue weighted by molar-refractivity contribution is -0.125. The van der Waals surface area contributed by atoms with Gasteiger partial charge in [0.05, 0.1) is 12.5 Å². The second kappa shape index (κ2) is 10.9. The summed E-state index contributed by atoms with van der Waals surface area (Å²) in [6.07, 6.45) is 2.43. The zero-order valence-electron chi connectivity index (χ0n) is 17.3. The molecule has 2 aromatic rings. The highest BCUT2D eigenvalue weighted by Crippen LogP contribution is 2.19. The normalized spacial score (nSPS) is 12.5. The van der Waals surface area contributed by atoms with Crippen LogP contribution in [0, 0.1) is 11.3 Å². The average Bonchev–Trinajstić information content (AvgIpc) is 3.61. The number of carbonyl (C=O) groups is 3. The van der Waals surface area contributed by atoms with Gasteiger partial charge < -0.3 is 15.5 Å². The van der Waals surface area contributed by atoms with Gasteiger partial charge >= 0.3 is 0 Å². The van der Waals surface area contributed by atoms with E-state index in [1.165, 1.54) is 0 Å². The van der Waals surface area contributed by atoms with Crippen LogP contribution >= 0.6 is 0 Å². The van der Waals surface area contributed by atoms with Gasteiger partial charge in [0.1, 0.15) is 0 Å². The SMILES string of the molecule is N#CCCN(C(=O)CCC(=O)NCc1ccc(C(=O)NC2CC2)cc1)c1ccccc1. The zero-order valence-corrected chi connectivity index (χ0v) is 17.3. The molecule has 1 aliphatic rings. The highest BCUT2D eigenvalue weighted by Gasteiger charge is 2.23. The molecule has 0 aliphatic heterocycles. The van der Waals surface area contributed by atoms with E-state index in [9.17, 15) is 14.4 Å². The standard InChI is InChI=1S/C24H26N4O3/c25-15-4-16-28(21-5-2-1-3-6-21)23(30)14-13-22(29)26-17-18-7-9-19(10-8-18)24(31)27-20-11-12-20/h1-3,5-10,20H,4,11-14,16-17H2,(H,26,29)(H,27,31). The van der Waals surface area contributed by atoms with E-state index in [4.69, 9.17) is 5.26 Å². The smallest absolute Gasteiger partial charge is 0.251 e. The molecule has 0 bridgehead atoms. The lowest BCUT2D eigenvalue weighted by atomic mass is 10.1. The molecule has 2 aromatic carbocycles. The van der Waals surface area contributed by atoms with Crippen LogP contribution in [0.25, 0.3) is 0 Å². The van der Waals surface area contributed by atoms with E-state index in [-0.39, 0.29) is 37.0 Å². The molecule has 160 valence electrons. The van der Waals surface area contributed by atoms with E-state index in [0.717, 1.165) is 18.4 Å². The van der Waals surface area contributed by atoms with Crippen LogP contribution in [0.4, 0.5) is 5.69 Å². The molecule has 3 amide bonds. The number of nitrogens with one attached hydrogen (secondary N) is 2. The molecule has 3 rings (SSSR count). The summed E-state index contributed by atoms with van der Waals surface area (Å²) in [5.74, 6) is -0.490. The minimum Gasteiger partial charge on any atom is -0.352 e. The fourth-order valence-electron chi connectivity index (χ4n) is 3.08. The van der Waals surface area contributed by atoms with Crippen molar-refractivity contribution in [1.29, 1.82) is 5.26 Å². The minimum atomic E-state index is -0.225. The number of anilines is 1. The van der Waals surface area contributed by atoms with Crippen molar-refractivity contribution in [1.82, 2.24) is 10.6 Å². The molecule has 1 aliphatic carbocycles. The Morgan fingerprint density at radius 2 is 1.71 bits per heavy atom. The Hall–Kier alpha value is -3.66. The van der Waals surface area contributed by atoms with Gasteiger partial charge in [0.2, 0.25) is 11.8 Å². The molecule has 0 aromatic heterocycles. The van der Waals surface area contributed by atoms with Gasteiger partial charge in [-0.25, -0.2) is 0 Å². The predicted molar refractivity (Wildman–Crippen MR) is 117 cm³/mol. The fraction of sp³-hybridized carbons (Fsp3) is 0.333. The van der Waals surface area contributed by atoms with Crippen molar-refractivity contribution in [3.8, 4) is 6.07 Å². The van der Waals surface area contributed by atoms with Crippen molar-refractivity contribution >= 4 is 23.4 Å². The van der Waals surface area contributed by atoms with E-state index >= 15 is 0 Å². The number of nitrogens with zero attached hydrogens (tertiary/aromatic N) is 2. The van der Waals surface area contributed by atoms with Gasteiger partial charge in [-0.15, -0.1) is 0 Å². The summed E-state index contributed by atoms with van der Waals surface area (Å²) in [5, 5.41) is 14.6. The van der Waals surface area contributed by atoms with Crippen LogP contribution in [0.1, 0.15) is 48.0 Å². The van der Waals surface area contributed by atoms with E-state index in [1.54, 1.807) is 17.0 Å². The summed E-state index contributed by atoms with van der Waals surface area (Å²) in [4.78, 5) is 38.4. The summed E-state index contributed by atoms with van der Waals surface area (Å²) in [5.41, 5.74) is 2.20. The third kappa shape index (κ3) is 6.96. The maximum atomic E-state index is 12.6. The first-order valence-electron chi connectivity index (χ1n) is 10.5. The summed E-state index contributed by atoms with van der Waals surface area (Å²) in [6.45, 7) is 0.621. The number of hydrogen-bond donors (Lipinski definition) is 2. The fourth-order valence-corrected chi connectivity index (χ4v) is 3.08. The number of benzene rings is 2. The number of carbonyl (C=O) groups excluding carboxylic acids is 3. The van der Waals surface area contributed by atoms with Crippen LogP contribution in [0.2, 0.25) is 0 Å². The van der Waals surface area contributed by atoms with Gasteiger partial charge in [-0.2, -0.15) is 5.26 Å². The molecular formula is C24H26N4O3. The van der Waals surface area contributed by atoms with E-state index in [1.807, 2.05) is 42.5 Å². The van der Waals surface area contributed by atoms with Crippen molar-refractivity contribution < 1.29 is 14.4 Å². The van der Waals surface area contributed by atoms with Crippen molar-refractivity contribution in [3.63, 3.8) is 0 Å². The van der Waals surface area contributed by atoms with Crippen LogP contribution < -0.4 is 15.5 Å². The van der Waals surface area contributed by atoms with Gasteiger partial charge in [-0.3, -0.25) is 14.4 Å². The summed E-state index contributed by atoms with van der Waals surface area (Å²) >= 11 is 0. The number of nitriles is 1. The Balaban J connectivity index is 1.45. The number of hydrogen-bond acceptors (Lipinski definition) is 4. The molecule has 2 N–H and O–H groups in total. The maximum Gasteiger partial charge on any atom is 0.251 e. The number of amides is 3. The van der Waals surface area contributed by atoms with E-state index in [0.29, 0.717) is 30.4 Å². The lowest BCUT2D eigenvalue weighted by Gasteiger charge is -2.21. The average molecular weight is 418 g/mol. The van der Waals surface area contributed by atoms with Gasteiger partial charge in [-0.1, -0.05) is 30.3 Å². The zero-order chi connectivity index (χ0) is 22.1. The molecule has 0 unspecified atom stereocenters. The maximum absolute atomic E-state index is 12.6. The molecule has 0 heterocycles. The Bertz CT molecular complexity index is 947. The van der Waals surface area contributed by atoms with Gasteiger partial charge in [0, 0.05) is 43.2 Å². The second-order valence-electron chi connectivity index (χ2n) is 7.51. The first-order valence-corrected chi connectivity index (χ1v) is 10.5. The largest absolute Gasteiger partial charge is 0.352 e. The summed E-state index contributed by atoms with van der Waals surface area (Å²) < 4.78 is 0. The summed E-state index contributed by atoms with van der Waals surface area (Å²) in [6, 6.07) is 18.6. The Morgan fingerprint density at radius 3 is 2.35 bits per heavy atom. The van der Waals surface area contributed by atoms with Crippen molar-refractivity contribution in [3.05, 3.63) is 65.7 Å². The van der Waals surface area contributed by atoms with E-state index in [2.05, 4.69) is 16.7 Å². The molecule has 0 spiro atoms. The molecule has 0 radical (unpaired) electrons. The van der Waals surface area contributed by atoms with Crippen LogP contribution in [0.3, 0.4) is 0 Å². The van der Waals surface area contributed by atoms with Gasteiger partial charge in [0.25, 0.3) is 5.91 Å². The predicted octanol–water partition coefficient (Wildman–Crippen LogP) is 2.92. The highest BCUT2D eigenvalue weighted by atomic mass is 16.2. The van der Waals surface area contributed by atoms with Crippen LogP contribution in [0.15, 0.2) is 54.6 Å². The molecule has 1 saturated carbocycles. The Kier molecular flexibility index (Phi) is 7.77. The van der Waals surface area contributed by atoms with Crippen molar-refractivity contribution in [2.24, 2.45) is 0 Å². The molecule has 0 saturated heterocycles. The van der Waals surface area contributed by atoms with Crippen LogP contribution in [0.5, 0.6) is 0 Å². The quantitative estimate of drug-likeness (QED) is 0.619. The summed E-state index contributed by atoms with van der Waals surface area (Å²) in [7, 11) is 0. The van der Waals surface area contributed by atoms with Gasteiger partial charge in [-0.05, 0) is 42.7 Å². The lowest BCUT2D eigenvalue weighted by Crippen LogP contribution is -2.33. The van der Waals surface area contributed by atoms with Crippen LogP contribution in [-0.4, -0.2) is 30.3 Å². The Morgan fingerprint density at radius 1 is 1.00 bits per heavy atom. The molecule has 7 nitrogen and oxygen atoms in total. The number of para-hydroxylation sites is 1. The first-order chi connectivity index (χ1) is 15.1. The van der Waals surface area contributed by atoms with Crippen molar-refractivity contribution in [2.75, 3.05) is 11.4 Å². The highest BCUT2D eigenvalue weighted by molar-refractivity contribution is 5.95. The van der Waals surface area contributed by atoms with Crippen molar-refractivity contribution in [2.45, 2.75) is 44.7 Å². The molecule has 1 fully saturated rings. The molecule has 0 atom stereocenters. The molecule has 7 heteroatoms. The van der Waals surface area contributed by atoms with E-state index < -0.39 is 0 Å². The topological polar surface area (TPSA) is 102 Å². The van der Waals surface area contributed by atoms with Gasteiger partial charge in [0.15, 0.2) is 0 Å². The molecule has 31 heavy (non-hydrogen) atoms.